The molecular formula is C27H32Br2N2O4. The number of halogens is 2. The minimum atomic E-state index is -0.564. The number of methoxy groups -OCH3 is 2. The maximum atomic E-state index is 12.2. The van der Waals surface area contributed by atoms with E-state index in [9.17, 15) is 4.79 Å². The third kappa shape index (κ3) is 11.6. The van der Waals surface area contributed by atoms with Crippen LogP contribution in [-0.4, -0.2) is 43.9 Å². The zero-order valence-corrected chi connectivity index (χ0v) is 24.0. The Hall–Kier alpha value is -2.65. The number of amides is 1. The quantitative estimate of drug-likeness (QED) is 0.294. The van der Waals surface area contributed by atoms with Crippen molar-refractivity contribution in [2.24, 2.45) is 0 Å². The fourth-order valence-corrected chi connectivity index (χ4v) is 3.67. The van der Waals surface area contributed by atoms with Gasteiger partial charge in [-0.2, -0.15) is 0 Å². The standard InChI is InChI=1S/C16H20BrNO3.C11H12BrNO/c1-6-9-18(15(19)21-16(2,3)4)11-12-10-13(17)7-8-14(12)20-5;1-3-6-13-8-9-7-10(12)4-5-11(9)14-2/h1,7-8,10H,9,11H2,2-5H3;1,4-5,7,13H,6,8H2,2H3. The molecule has 0 unspecified atom stereocenters. The van der Waals surface area contributed by atoms with Gasteiger partial charge in [-0.05, 0) is 57.2 Å². The monoisotopic (exact) mass is 606 g/mol. The predicted molar refractivity (Wildman–Crippen MR) is 147 cm³/mol. The van der Waals surface area contributed by atoms with E-state index in [1.54, 1.807) is 14.2 Å². The topological polar surface area (TPSA) is 60.0 Å². The van der Waals surface area contributed by atoms with Gasteiger partial charge in [0.05, 0.1) is 33.9 Å². The van der Waals surface area contributed by atoms with Crippen molar-refractivity contribution in [2.75, 3.05) is 27.3 Å². The summed E-state index contributed by atoms with van der Waals surface area (Å²) in [6.45, 7) is 7.23. The first kappa shape index (κ1) is 30.4. The molecule has 0 atom stereocenters. The van der Waals surface area contributed by atoms with Crippen LogP contribution in [0.25, 0.3) is 0 Å². The Morgan fingerprint density at radius 1 is 0.971 bits per heavy atom. The molecule has 1 amide bonds. The van der Waals surface area contributed by atoms with Crippen molar-refractivity contribution >= 4 is 38.0 Å². The van der Waals surface area contributed by atoms with Gasteiger partial charge >= 0.3 is 6.09 Å². The second kappa shape index (κ2) is 15.4. The molecule has 6 nitrogen and oxygen atoms in total. The van der Waals surface area contributed by atoms with Crippen LogP contribution < -0.4 is 14.8 Å². The first-order chi connectivity index (χ1) is 16.5. The van der Waals surface area contributed by atoms with Gasteiger partial charge in [-0.15, -0.1) is 12.8 Å². The summed E-state index contributed by atoms with van der Waals surface area (Å²) in [6.07, 6.45) is 10.0. The number of terminal acetylenes is 2. The summed E-state index contributed by atoms with van der Waals surface area (Å²) in [5.41, 5.74) is 1.38. The molecule has 0 aromatic heterocycles. The van der Waals surface area contributed by atoms with Crippen LogP contribution in [0.5, 0.6) is 11.5 Å². The van der Waals surface area contributed by atoms with Crippen molar-refractivity contribution in [2.45, 2.75) is 39.5 Å². The van der Waals surface area contributed by atoms with E-state index in [1.807, 2.05) is 57.2 Å². The molecule has 0 saturated carbocycles. The number of nitrogens with one attached hydrogen (secondary N) is 1. The van der Waals surface area contributed by atoms with Crippen molar-refractivity contribution in [3.63, 3.8) is 0 Å². The summed E-state index contributed by atoms with van der Waals surface area (Å²) in [5.74, 6) is 6.58. The number of hydrogen-bond donors (Lipinski definition) is 1. The molecule has 188 valence electrons. The highest BCUT2D eigenvalue weighted by molar-refractivity contribution is 9.10. The molecule has 2 rings (SSSR count). The summed E-state index contributed by atoms with van der Waals surface area (Å²) in [5, 5.41) is 3.12. The number of benzene rings is 2. The van der Waals surface area contributed by atoms with Crippen LogP contribution in [0.2, 0.25) is 0 Å². The molecule has 8 heteroatoms. The van der Waals surface area contributed by atoms with Crippen molar-refractivity contribution in [1.82, 2.24) is 10.2 Å². The van der Waals surface area contributed by atoms with Crippen molar-refractivity contribution in [1.29, 1.82) is 0 Å². The number of nitrogens with zero attached hydrogens (tertiary/aromatic N) is 1. The van der Waals surface area contributed by atoms with Crippen molar-refractivity contribution < 1.29 is 19.0 Å². The van der Waals surface area contributed by atoms with Gasteiger partial charge < -0.3 is 19.5 Å². The van der Waals surface area contributed by atoms with Gasteiger partial charge in [-0.25, -0.2) is 4.79 Å². The van der Waals surface area contributed by atoms with Gasteiger partial charge in [0.1, 0.15) is 17.1 Å². The van der Waals surface area contributed by atoms with E-state index >= 15 is 0 Å². The lowest BCUT2D eigenvalue weighted by molar-refractivity contribution is 0.0259. The molecule has 35 heavy (non-hydrogen) atoms. The number of carbonyl (C=O) groups excluding carboxylic acids is 1. The summed E-state index contributed by atoms with van der Waals surface area (Å²) in [4.78, 5) is 13.7. The number of hydrogen-bond acceptors (Lipinski definition) is 5. The third-order valence-corrected chi connectivity index (χ3v) is 5.31. The normalized spacial score (nSPS) is 10.2. The maximum Gasteiger partial charge on any atom is 0.411 e. The molecule has 0 radical (unpaired) electrons. The zero-order chi connectivity index (χ0) is 26.4. The fraction of sp³-hybridized carbons (Fsp3) is 0.370. The van der Waals surface area contributed by atoms with Crippen LogP contribution in [0.3, 0.4) is 0 Å². The average molecular weight is 608 g/mol. The molecule has 0 aliphatic rings. The third-order valence-electron chi connectivity index (χ3n) is 4.32. The largest absolute Gasteiger partial charge is 0.496 e. The highest BCUT2D eigenvalue weighted by Gasteiger charge is 2.22. The zero-order valence-electron chi connectivity index (χ0n) is 20.8. The second-order valence-electron chi connectivity index (χ2n) is 8.26. The van der Waals surface area contributed by atoms with Crippen molar-refractivity contribution in [3.05, 3.63) is 56.5 Å². The first-order valence-electron chi connectivity index (χ1n) is 10.7. The summed E-state index contributed by atoms with van der Waals surface area (Å²) in [7, 11) is 3.25. The van der Waals surface area contributed by atoms with Gasteiger partial charge in [0, 0.05) is 26.6 Å². The molecule has 2 aromatic carbocycles. The average Bonchev–Trinajstić information content (AvgIpc) is 2.78. The Morgan fingerprint density at radius 2 is 1.51 bits per heavy atom. The van der Waals surface area contributed by atoms with Crippen LogP contribution in [0.4, 0.5) is 4.79 Å². The van der Waals surface area contributed by atoms with Crippen LogP contribution >= 0.6 is 31.9 Å². The minimum Gasteiger partial charge on any atom is -0.496 e. The van der Waals surface area contributed by atoms with E-state index in [0.29, 0.717) is 25.4 Å². The molecule has 0 fully saturated rings. The van der Waals surface area contributed by atoms with E-state index in [0.717, 1.165) is 25.8 Å². The summed E-state index contributed by atoms with van der Waals surface area (Å²) in [6, 6.07) is 11.5. The van der Waals surface area contributed by atoms with Crippen LogP contribution in [0.15, 0.2) is 45.3 Å². The fourth-order valence-electron chi connectivity index (χ4n) is 2.85. The van der Waals surface area contributed by atoms with E-state index in [4.69, 9.17) is 27.1 Å². The second-order valence-corrected chi connectivity index (χ2v) is 10.1. The van der Waals surface area contributed by atoms with Crippen LogP contribution in [-0.2, 0) is 17.8 Å². The van der Waals surface area contributed by atoms with E-state index in [1.165, 1.54) is 4.90 Å². The lowest BCUT2D eigenvalue weighted by Crippen LogP contribution is -2.36. The molecule has 0 saturated heterocycles. The van der Waals surface area contributed by atoms with Crippen LogP contribution in [0, 0.1) is 24.7 Å². The lowest BCUT2D eigenvalue weighted by atomic mass is 10.2. The molecule has 0 spiro atoms. The van der Waals surface area contributed by atoms with Gasteiger partial charge in [0.25, 0.3) is 0 Å². The summed E-state index contributed by atoms with van der Waals surface area (Å²) < 4.78 is 17.8. The number of rotatable bonds is 8. The molecule has 0 bridgehead atoms. The Kier molecular flexibility index (Phi) is 13.3. The van der Waals surface area contributed by atoms with E-state index in [-0.39, 0.29) is 6.54 Å². The summed E-state index contributed by atoms with van der Waals surface area (Å²) >= 11 is 6.82. The number of carbonyl (C=O) groups is 1. The van der Waals surface area contributed by atoms with E-state index in [2.05, 4.69) is 49.0 Å². The molecule has 0 aliphatic carbocycles. The van der Waals surface area contributed by atoms with Gasteiger partial charge in [0.2, 0.25) is 0 Å². The lowest BCUT2D eigenvalue weighted by Gasteiger charge is -2.26. The molecule has 0 heterocycles. The Balaban J connectivity index is 0.000000379. The van der Waals surface area contributed by atoms with Gasteiger partial charge in [-0.1, -0.05) is 43.7 Å². The Labute approximate surface area is 226 Å². The smallest absolute Gasteiger partial charge is 0.411 e. The number of ether oxygens (including phenoxy) is 3. The Morgan fingerprint density at radius 3 is 2.00 bits per heavy atom. The van der Waals surface area contributed by atoms with Gasteiger partial charge in [0.15, 0.2) is 0 Å². The maximum absolute atomic E-state index is 12.2. The molecule has 2 aromatic rings. The van der Waals surface area contributed by atoms with Crippen molar-refractivity contribution in [3.8, 4) is 36.2 Å². The SMILES string of the molecule is C#CCN(Cc1cc(Br)ccc1OC)C(=O)OC(C)(C)C.C#CCNCc1cc(Br)ccc1OC. The molecule has 0 aliphatic heterocycles. The highest BCUT2D eigenvalue weighted by atomic mass is 79.9. The minimum absolute atomic E-state index is 0.171. The highest BCUT2D eigenvalue weighted by Crippen LogP contribution is 2.25. The first-order valence-corrected chi connectivity index (χ1v) is 12.3. The Bertz CT molecular complexity index is 1050. The van der Waals surface area contributed by atoms with Gasteiger partial charge in [-0.3, -0.25) is 4.90 Å². The van der Waals surface area contributed by atoms with E-state index < -0.39 is 11.7 Å². The molecular weight excluding hydrogens is 576 g/mol. The molecule has 1 N–H and O–H groups in total. The predicted octanol–water partition coefficient (Wildman–Crippen LogP) is 6.01. The van der Waals surface area contributed by atoms with Crippen LogP contribution in [0.1, 0.15) is 31.9 Å².